The van der Waals surface area contributed by atoms with Crippen LogP contribution in [0.15, 0.2) is 46.9 Å². The van der Waals surface area contributed by atoms with Crippen LogP contribution >= 0.6 is 0 Å². The number of rotatable bonds is 4. The number of hydrogen-bond acceptors (Lipinski definition) is 3. The largest absolute Gasteiger partial charge is 0.459 e. The zero-order valence-electron chi connectivity index (χ0n) is 13.9. The number of nitrogens with zero attached hydrogens (tertiary/aromatic N) is 1. The Morgan fingerprint density at radius 3 is 2.88 bits per heavy atom. The van der Waals surface area contributed by atoms with Gasteiger partial charge in [-0.2, -0.15) is 0 Å². The number of urea groups is 1. The number of piperidine rings is 1. The topological polar surface area (TPSA) is 65.7 Å². The second-order valence-corrected chi connectivity index (χ2v) is 6.38. The molecule has 1 aromatic heterocycles. The number of aliphatic hydroxyl groups excluding tert-OH is 1. The lowest BCUT2D eigenvalue weighted by molar-refractivity contribution is 0.0737. The minimum atomic E-state index is -0.376. The van der Waals surface area contributed by atoms with Crippen molar-refractivity contribution in [2.45, 2.75) is 32.4 Å². The van der Waals surface area contributed by atoms with Crippen molar-refractivity contribution in [3.63, 3.8) is 0 Å². The van der Waals surface area contributed by atoms with Crippen LogP contribution in [0.5, 0.6) is 0 Å². The highest BCUT2D eigenvalue weighted by atomic mass is 16.3. The van der Waals surface area contributed by atoms with Crippen molar-refractivity contribution < 1.29 is 14.3 Å². The molecule has 0 saturated carbocycles. The molecule has 128 valence electrons. The van der Waals surface area contributed by atoms with Gasteiger partial charge < -0.3 is 19.7 Å². The Hall–Kier alpha value is -2.27. The molecule has 2 atom stereocenters. The highest BCUT2D eigenvalue weighted by molar-refractivity contribution is 5.74. The lowest BCUT2D eigenvalue weighted by atomic mass is 9.94. The third kappa shape index (κ3) is 3.97. The molecule has 0 aliphatic carbocycles. The van der Waals surface area contributed by atoms with Crippen LogP contribution in [0.25, 0.3) is 11.3 Å². The zero-order chi connectivity index (χ0) is 16.9. The van der Waals surface area contributed by atoms with E-state index in [9.17, 15) is 9.90 Å². The first-order valence-corrected chi connectivity index (χ1v) is 8.48. The van der Waals surface area contributed by atoms with Crippen LogP contribution < -0.4 is 5.32 Å². The molecule has 1 fully saturated rings. The molecule has 24 heavy (non-hydrogen) atoms. The third-order valence-electron chi connectivity index (χ3n) is 4.56. The number of aliphatic hydroxyl groups is 1. The second-order valence-electron chi connectivity index (χ2n) is 6.38. The number of carbonyl (C=O) groups is 1. The van der Waals surface area contributed by atoms with Crippen molar-refractivity contribution in [1.82, 2.24) is 10.2 Å². The zero-order valence-corrected chi connectivity index (χ0v) is 13.9. The number of hydrogen-bond donors (Lipinski definition) is 2. The van der Waals surface area contributed by atoms with E-state index in [2.05, 4.69) is 5.32 Å². The summed E-state index contributed by atoms with van der Waals surface area (Å²) in [6.45, 7) is 3.50. The Kier molecular flexibility index (Phi) is 5.20. The van der Waals surface area contributed by atoms with E-state index in [1.165, 1.54) is 0 Å². The highest BCUT2D eigenvalue weighted by Crippen LogP contribution is 2.22. The molecule has 5 heteroatoms. The van der Waals surface area contributed by atoms with E-state index >= 15 is 0 Å². The van der Waals surface area contributed by atoms with E-state index in [0.29, 0.717) is 13.1 Å². The van der Waals surface area contributed by atoms with E-state index in [4.69, 9.17) is 4.42 Å². The van der Waals surface area contributed by atoms with Gasteiger partial charge in [0.1, 0.15) is 11.5 Å². The quantitative estimate of drug-likeness (QED) is 0.905. The number of carbonyl (C=O) groups excluding carboxylic acids is 1. The van der Waals surface area contributed by atoms with Crippen molar-refractivity contribution in [3.05, 3.63) is 48.2 Å². The molecule has 2 N–H and O–H groups in total. The normalized spacial score (nSPS) is 19.1. The number of benzene rings is 1. The lowest BCUT2D eigenvalue weighted by Gasteiger charge is -2.34. The van der Waals surface area contributed by atoms with Crippen molar-refractivity contribution in [3.8, 4) is 11.3 Å². The molecule has 1 aliphatic heterocycles. The fourth-order valence-corrected chi connectivity index (χ4v) is 3.09. The van der Waals surface area contributed by atoms with Gasteiger partial charge in [-0.25, -0.2) is 4.79 Å². The summed E-state index contributed by atoms with van der Waals surface area (Å²) in [5, 5.41) is 12.6. The number of amides is 2. The average Bonchev–Trinajstić information content (AvgIpc) is 3.09. The maximum Gasteiger partial charge on any atom is 0.317 e. The Morgan fingerprint density at radius 2 is 2.12 bits per heavy atom. The van der Waals surface area contributed by atoms with Crippen molar-refractivity contribution in [2.75, 3.05) is 13.1 Å². The van der Waals surface area contributed by atoms with Gasteiger partial charge in [0.2, 0.25) is 0 Å². The van der Waals surface area contributed by atoms with Gasteiger partial charge in [-0.05, 0) is 31.9 Å². The molecular formula is C19H24N2O3. The summed E-state index contributed by atoms with van der Waals surface area (Å²) in [6, 6.07) is 13.6. The molecule has 2 heterocycles. The van der Waals surface area contributed by atoms with Gasteiger partial charge in [0.25, 0.3) is 0 Å². The molecule has 3 rings (SSSR count). The molecule has 1 aliphatic rings. The standard InChI is InChI=1S/C19H24N2O3/c1-14(22)16-8-5-11-21(13-16)19(23)20-12-17-9-10-18(24-17)15-6-3-2-4-7-15/h2-4,6-7,9-10,14,16,22H,5,8,11-13H2,1H3,(H,20,23)/t14-,16-/m1/s1. The predicted molar refractivity (Wildman–Crippen MR) is 92.4 cm³/mol. The van der Waals surface area contributed by atoms with E-state index in [-0.39, 0.29) is 18.1 Å². The number of furan rings is 1. The predicted octanol–water partition coefficient (Wildman–Crippen LogP) is 3.25. The first kappa shape index (κ1) is 16.6. The molecule has 2 amide bonds. The molecule has 0 radical (unpaired) electrons. The molecular weight excluding hydrogens is 304 g/mol. The summed E-state index contributed by atoms with van der Waals surface area (Å²) >= 11 is 0. The minimum absolute atomic E-state index is 0.0991. The fourth-order valence-electron chi connectivity index (χ4n) is 3.09. The summed E-state index contributed by atoms with van der Waals surface area (Å²) in [5.41, 5.74) is 1.02. The Bertz CT molecular complexity index is 666. The van der Waals surface area contributed by atoms with E-state index in [1.54, 1.807) is 11.8 Å². The Morgan fingerprint density at radius 1 is 1.33 bits per heavy atom. The monoisotopic (exact) mass is 328 g/mol. The van der Waals surface area contributed by atoms with Gasteiger partial charge in [-0.1, -0.05) is 30.3 Å². The second kappa shape index (κ2) is 7.53. The van der Waals surface area contributed by atoms with Crippen LogP contribution in [0.4, 0.5) is 4.79 Å². The Labute approximate surface area is 142 Å². The Balaban J connectivity index is 1.54. The van der Waals surface area contributed by atoms with Crippen LogP contribution in [0.1, 0.15) is 25.5 Å². The molecule has 0 unspecified atom stereocenters. The molecule has 5 nitrogen and oxygen atoms in total. The molecule has 1 saturated heterocycles. The summed E-state index contributed by atoms with van der Waals surface area (Å²) in [4.78, 5) is 14.1. The van der Waals surface area contributed by atoms with Crippen LogP contribution in [0.3, 0.4) is 0 Å². The summed E-state index contributed by atoms with van der Waals surface area (Å²) in [6.07, 6.45) is 1.53. The van der Waals surface area contributed by atoms with Gasteiger partial charge >= 0.3 is 6.03 Å². The number of nitrogens with one attached hydrogen (secondary N) is 1. The highest BCUT2D eigenvalue weighted by Gasteiger charge is 2.26. The first-order valence-electron chi connectivity index (χ1n) is 8.48. The van der Waals surface area contributed by atoms with Crippen molar-refractivity contribution in [2.24, 2.45) is 5.92 Å². The van der Waals surface area contributed by atoms with Crippen molar-refractivity contribution in [1.29, 1.82) is 0 Å². The van der Waals surface area contributed by atoms with Gasteiger partial charge in [0.05, 0.1) is 12.6 Å². The van der Waals surface area contributed by atoms with E-state index in [0.717, 1.165) is 36.5 Å². The van der Waals surface area contributed by atoms with Crippen LogP contribution in [0, 0.1) is 5.92 Å². The third-order valence-corrected chi connectivity index (χ3v) is 4.56. The number of likely N-dealkylation sites (tertiary alicyclic amines) is 1. The summed E-state index contributed by atoms with van der Waals surface area (Å²) < 4.78 is 5.79. The summed E-state index contributed by atoms with van der Waals surface area (Å²) in [5.74, 6) is 1.69. The fraction of sp³-hybridized carbons (Fsp3) is 0.421. The average molecular weight is 328 g/mol. The van der Waals surface area contributed by atoms with Crippen LogP contribution in [0.2, 0.25) is 0 Å². The maximum absolute atomic E-state index is 12.3. The first-order chi connectivity index (χ1) is 11.6. The molecule has 1 aromatic carbocycles. The van der Waals surface area contributed by atoms with Crippen LogP contribution in [-0.2, 0) is 6.54 Å². The molecule has 2 aromatic rings. The minimum Gasteiger partial charge on any atom is -0.459 e. The van der Waals surface area contributed by atoms with Crippen molar-refractivity contribution >= 4 is 6.03 Å². The summed E-state index contributed by atoms with van der Waals surface area (Å²) in [7, 11) is 0. The van der Waals surface area contributed by atoms with Gasteiger partial charge in [-0.15, -0.1) is 0 Å². The van der Waals surface area contributed by atoms with Gasteiger partial charge in [-0.3, -0.25) is 0 Å². The maximum atomic E-state index is 12.3. The SMILES string of the molecule is C[C@@H](O)[C@@H]1CCCN(C(=O)NCc2ccc(-c3ccccc3)o2)C1. The smallest absolute Gasteiger partial charge is 0.317 e. The van der Waals surface area contributed by atoms with Gasteiger partial charge in [0, 0.05) is 24.6 Å². The lowest BCUT2D eigenvalue weighted by Crippen LogP contribution is -2.47. The van der Waals surface area contributed by atoms with Gasteiger partial charge in [0.15, 0.2) is 0 Å². The van der Waals surface area contributed by atoms with Crippen LogP contribution in [-0.4, -0.2) is 35.2 Å². The molecule has 0 bridgehead atoms. The molecule has 0 spiro atoms. The van der Waals surface area contributed by atoms with E-state index < -0.39 is 0 Å². The van der Waals surface area contributed by atoms with E-state index in [1.807, 2.05) is 42.5 Å².